The molecule has 0 saturated heterocycles. The average molecular weight is 230 g/mol. The summed E-state index contributed by atoms with van der Waals surface area (Å²) in [6, 6.07) is 5.73. The minimum Gasteiger partial charge on any atom is -0.425 e. The van der Waals surface area contributed by atoms with Crippen molar-refractivity contribution >= 4 is 7.60 Å². The van der Waals surface area contributed by atoms with E-state index in [0.717, 1.165) is 6.26 Å². The molecule has 0 spiro atoms. The SMILES string of the molecule is C=COP(=O)(CC)Oc1ccccc1F. The minimum absolute atomic E-state index is 0.0791. The molecule has 1 unspecified atom stereocenters. The first-order valence-electron chi connectivity index (χ1n) is 4.44. The van der Waals surface area contributed by atoms with E-state index in [1.54, 1.807) is 13.0 Å². The Morgan fingerprint density at radius 3 is 2.73 bits per heavy atom. The zero-order valence-electron chi connectivity index (χ0n) is 8.35. The van der Waals surface area contributed by atoms with E-state index in [2.05, 4.69) is 6.58 Å². The fraction of sp³-hybridized carbons (Fsp3) is 0.200. The Kier molecular flexibility index (Phi) is 3.92. The predicted molar refractivity (Wildman–Crippen MR) is 56.5 cm³/mol. The Morgan fingerprint density at radius 2 is 2.20 bits per heavy atom. The van der Waals surface area contributed by atoms with Crippen LogP contribution in [0, 0.1) is 5.82 Å². The zero-order chi connectivity index (χ0) is 11.3. The van der Waals surface area contributed by atoms with Crippen LogP contribution in [0.2, 0.25) is 0 Å². The molecule has 0 amide bonds. The molecular formula is C10H12FO3P. The Hall–Kier alpha value is -1.28. The molecule has 0 fully saturated rings. The quantitative estimate of drug-likeness (QED) is 0.572. The molecular weight excluding hydrogens is 218 g/mol. The fourth-order valence-electron chi connectivity index (χ4n) is 0.943. The molecule has 1 rings (SSSR count). The summed E-state index contributed by atoms with van der Waals surface area (Å²) in [7, 11) is -3.31. The van der Waals surface area contributed by atoms with Crippen LogP contribution in [-0.4, -0.2) is 6.16 Å². The molecule has 0 aliphatic rings. The van der Waals surface area contributed by atoms with Crippen LogP contribution in [0.4, 0.5) is 4.39 Å². The normalized spacial score (nSPS) is 14.0. The van der Waals surface area contributed by atoms with Gasteiger partial charge in [0.1, 0.15) is 0 Å². The molecule has 82 valence electrons. The lowest BCUT2D eigenvalue weighted by atomic mass is 10.3. The molecule has 0 aliphatic carbocycles. The van der Waals surface area contributed by atoms with E-state index in [1.165, 1.54) is 18.2 Å². The van der Waals surface area contributed by atoms with Crippen LogP contribution in [0.1, 0.15) is 6.92 Å². The minimum atomic E-state index is -3.31. The Balaban J connectivity index is 2.89. The van der Waals surface area contributed by atoms with Gasteiger partial charge in [-0.05, 0) is 12.1 Å². The average Bonchev–Trinajstić information content (AvgIpc) is 2.22. The monoisotopic (exact) mass is 230 g/mol. The van der Waals surface area contributed by atoms with Gasteiger partial charge in [0.25, 0.3) is 0 Å². The Labute approximate surface area is 88.1 Å². The lowest BCUT2D eigenvalue weighted by Gasteiger charge is -2.16. The first-order chi connectivity index (χ1) is 7.11. The lowest BCUT2D eigenvalue weighted by Crippen LogP contribution is -1.98. The highest BCUT2D eigenvalue weighted by Crippen LogP contribution is 2.48. The zero-order valence-corrected chi connectivity index (χ0v) is 9.25. The fourth-order valence-corrected chi connectivity index (χ4v) is 1.94. The van der Waals surface area contributed by atoms with E-state index < -0.39 is 13.4 Å². The van der Waals surface area contributed by atoms with Crippen LogP contribution in [-0.2, 0) is 9.09 Å². The summed E-state index contributed by atoms with van der Waals surface area (Å²) < 4.78 is 34.8. The molecule has 1 aromatic carbocycles. The number of para-hydroxylation sites is 1. The van der Waals surface area contributed by atoms with Gasteiger partial charge >= 0.3 is 7.60 Å². The van der Waals surface area contributed by atoms with E-state index in [0.29, 0.717) is 0 Å². The second-order valence-electron chi connectivity index (χ2n) is 2.72. The van der Waals surface area contributed by atoms with Gasteiger partial charge in [-0.15, -0.1) is 0 Å². The van der Waals surface area contributed by atoms with E-state index in [9.17, 15) is 8.96 Å². The third-order valence-electron chi connectivity index (χ3n) is 1.70. The first-order valence-corrected chi connectivity index (χ1v) is 6.16. The summed E-state index contributed by atoms with van der Waals surface area (Å²) in [4.78, 5) is 0. The molecule has 3 nitrogen and oxygen atoms in total. The maximum Gasteiger partial charge on any atom is 0.429 e. The molecule has 1 atom stereocenters. The van der Waals surface area contributed by atoms with Crippen molar-refractivity contribution in [2.75, 3.05) is 6.16 Å². The number of benzene rings is 1. The largest absolute Gasteiger partial charge is 0.429 e. The van der Waals surface area contributed by atoms with Crippen LogP contribution >= 0.6 is 7.60 Å². The summed E-state index contributed by atoms with van der Waals surface area (Å²) in [5.41, 5.74) is 0. The van der Waals surface area contributed by atoms with Crippen molar-refractivity contribution in [2.45, 2.75) is 6.92 Å². The topological polar surface area (TPSA) is 35.5 Å². The first kappa shape index (κ1) is 11.8. The van der Waals surface area contributed by atoms with Crippen molar-refractivity contribution in [3.8, 4) is 5.75 Å². The van der Waals surface area contributed by atoms with Gasteiger partial charge in [0, 0.05) is 0 Å². The Morgan fingerprint density at radius 1 is 1.53 bits per heavy atom. The standard InChI is InChI=1S/C10H12FO3P/c1-3-13-15(12,4-2)14-10-8-6-5-7-9(10)11/h3,5-8H,1,4H2,2H3. The van der Waals surface area contributed by atoms with Crippen LogP contribution in [0.25, 0.3) is 0 Å². The van der Waals surface area contributed by atoms with Crippen LogP contribution < -0.4 is 4.52 Å². The third kappa shape index (κ3) is 3.10. The predicted octanol–water partition coefficient (Wildman–Crippen LogP) is 3.58. The van der Waals surface area contributed by atoms with Gasteiger partial charge in [0.2, 0.25) is 0 Å². The number of rotatable bonds is 5. The van der Waals surface area contributed by atoms with Crippen molar-refractivity contribution in [3.63, 3.8) is 0 Å². The van der Waals surface area contributed by atoms with Gasteiger partial charge in [-0.2, -0.15) is 0 Å². The molecule has 0 bridgehead atoms. The molecule has 0 N–H and O–H groups in total. The van der Waals surface area contributed by atoms with Gasteiger partial charge in [-0.3, -0.25) is 0 Å². The molecule has 0 radical (unpaired) electrons. The van der Waals surface area contributed by atoms with Gasteiger partial charge in [-0.1, -0.05) is 25.6 Å². The van der Waals surface area contributed by atoms with Gasteiger partial charge in [0.05, 0.1) is 12.4 Å². The van der Waals surface area contributed by atoms with E-state index >= 15 is 0 Å². The van der Waals surface area contributed by atoms with Crippen molar-refractivity contribution in [1.82, 2.24) is 0 Å². The summed E-state index contributed by atoms with van der Waals surface area (Å²) in [6.45, 7) is 4.92. The second-order valence-corrected chi connectivity index (χ2v) is 4.97. The lowest BCUT2D eigenvalue weighted by molar-refractivity contribution is 0.349. The van der Waals surface area contributed by atoms with E-state index in [-0.39, 0.29) is 11.9 Å². The van der Waals surface area contributed by atoms with Crippen LogP contribution in [0.15, 0.2) is 37.1 Å². The number of halogens is 1. The number of hydrogen-bond donors (Lipinski definition) is 0. The summed E-state index contributed by atoms with van der Waals surface area (Å²) in [5.74, 6) is -0.650. The van der Waals surface area contributed by atoms with Crippen molar-refractivity contribution in [1.29, 1.82) is 0 Å². The molecule has 0 aromatic heterocycles. The van der Waals surface area contributed by atoms with Crippen molar-refractivity contribution in [3.05, 3.63) is 42.9 Å². The van der Waals surface area contributed by atoms with Crippen molar-refractivity contribution < 1.29 is 18.0 Å². The van der Waals surface area contributed by atoms with Gasteiger partial charge < -0.3 is 9.05 Å². The maximum atomic E-state index is 13.2. The van der Waals surface area contributed by atoms with Gasteiger partial charge in [-0.25, -0.2) is 8.96 Å². The van der Waals surface area contributed by atoms with E-state index in [1.807, 2.05) is 0 Å². The molecule has 1 aromatic rings. The third-order valence-corrected chi connectivity index (χ3v) is 3.42. The second kappa shape index (κ2) is 4.99. The maximum absolute atomic E-state index is 13.2. The smallest absolute Gasteiger partial charge is 0.425 e. The molecule has 0 aliphatic heterocycles. The summed E-state index contributed by atoms with van der Waals surface area (Å²) >= 11 is 0. The molecule has 5 heteroatoms. The number of hydrogen-bond acceptors (Lipinski definition) is 3. The Bertz CT molecular complexity index is 392. The van der Waals surface area contributed by atoms with Crippen LogP contribution in [0.3, 0.4) is 0 Å². The highest BCUT2D eigenvalue weighted by atomic mass is 31.2. The van der Waals surface area contributed by atoms with E-state index in [4.69, 9.17) is 9.05 Å². The molecule has 0 saturated carbocycles. The highest BCUT2D eigenvalue weighted by Gasteiger charge is 2.24. The summed E-state index contributed by atoms with van der Waals surface area (Å²) in [6.07, 6.45) is 1.18. The van der Waals surface area contributed by atoms with Crippen LogP contribution in [0.5, 0.6) is 5.75 Å². The van der Waals surface area contributed by atoms with Gasteiger partial charge in [0.15, 0.2) is 11.6 Å². The van der Waals surface area contributed by atoms with Crippen molar-refractivity contribution in [2.24, 2.45) is 0 Å². The molecule has 15 heavy (non-hydrogen) atoms. The molecule has 0 heterocycles. The summed E-state index contributed by atoms with van der Waals surface area (Å²) in [5, 5.41) is 0. The highest BCUT2D eigenvalue weighted by molar-refractivity contribution is 7.54.